The third-order valence-corrected chi connectivity index (χ3v) is 6.00. The monoisotopic (exact) mass is 495 g/mol. The van der Waals surface area contributed by atoms with E-state index in [2.05, 4.69) is 75.6 Å². The number of halogens is 4. The van der Waals surface area contributed by atoms with Crippen molar-refractivity contribution in [3.63, 3.8) is 0 Å². The number of ether oxygens (including phenoxy) is 2. The predicted octanol–water partition coefficient (Wildman–Crippen LogP) is 4.34. The van der Waals surface area contributed by atoms with E-state index in [1.807, 2.05) is 0 Å². The van der Waals surface area contributed by atoms with Gasteiger partial charge in [0.25, 0.3) is 0 Å². The van der Waals surface area contributed by atoms with Crippen molar-refractivity contribution in [2.24, 2.45) is 0 Å². The van der Waals surface area contributed by atoms with E-state index < -0.39 is 0 Å². The van der Waals surface area contributed by atoms with Gasteiger partial charge in [-0.3, -0.25) is 0 Å². The Balaban J connectivity index is 4.46. The van der Waals surface area contributed by atoms with E-state index in [9.17, 15) is 0 Å². The van der Waals surface area contributed by atoms with E-state index >= 15 is 0 Å². The maximum atomic E-state index is 5.04. The molecular weight excluding hydrogens is 486 g/mol. The van der Waals surface area contributed by atoms with Gasteiger partial charge in [-0.1, -0.05) is 22.5 Å². The standard InChI is InChI=1S/C10H13Br4NO2/c1-6(11)9(13)10(14)7(12)4-15-5-8(16-2)17-3/h4,8,15H,1,5H2,2-3H3/b7-4-,10-9-. The van der Waals surface area contributed by atoms with Crippen LogP contribution in [-0.4, -0.2) is 27.1 Å². The second kappa shape index (κ2) is 9.75. The molecule has 0 heterocycles. The fourth-order valence-corrected chi connectivity index (χ4v) is 2.45. The van der Waals surface area contributed by atoms with Crippen molar-refractivity contribution in [1.82, 2.24) is 5.32 Å². The molecular formula is C10H13Br4NO2. The van der Waals surface area contributed by atoms with Crippen LogP contribution in [0.2, 0.25) is 0 Å². The van der Waals surface area contributed by atoms with E-state index in [1.165, 1.54) is 0 Å². The highest BCUT2D eigenvalue weighted by molar-refractivity contribution is 9.17. The SMILES string of the molecule is C=C(Br)/C(Br)=C(Br)\C(Br)=C\NCC(OC)OC. The minimum atomic E-state index is -0.274. The lowest BCUT2D eigenvalue weighted by molar-refractivity contribution is -0.0972. The molecule has 1 N–H and O–H groups in total. The summed E-state index contributed by atoms with van der Waals surface area (Å²) in [6.07, 6.45) is 1.52. The largest absolute Gasteiger partial charge is 0.385 e. The summed E-state index contributed by atoms with van der Waals surface area (Å²) in [5.74, 6) is 0. The van der Waals surface area contributed by atoms with Crippen LogP contribution in [0.4, 0.5) is 0 Å². The molecule has 0 aromatic carbocycles. The second-order valence-electron chi connectivity index (χ2n) is 2.83. The highest BCUT2D eigenvalue weighted by Gasteiger charge is 2.07. The molecule has 0 aromatic rings. The Kier molecular flexibility index (Phi) is 10.2. The highest BCUT2D eigenvalue weighted by atomic mass is 79.9. The first-order valence-corrected chi connectivity index (χ1v) is 7.66. The predicted molar refractivity (Wildman–Crippen MR) is 85.8 cm³/mol. The Bertz CT molecular complexity index is 324. The Hall–Kier alpha value is 0.860. The van der Waals surface area contributed by atoms with Crippen molar-refractivity contribution in [3.8, 4) is 0 Å². The molecule has 0 saturated carbocycles. The van der Waals surface area contributed by atoms with Gasteiger partial charge >= 0.3 is 0 Å². The summed E-state index contributed by atoms with van der Waals surface area (Å²) in [6, 6.07) is 0. The van der Waals surface area contributed by atoms with Gasteiger partial charge in [0.2, 0.25) is 0 Å². The molecule has 0 aliphatic carbocycles. The molecule has 0 fully saturated rings. The van der Waals surface area contributed by atoms with Crippen molar-refractivity contribution < 1.29 is 9.47 Å². The molecule has 0 spiro atoms. The molecule has 0 aromatic heterocycles. The quantitative estimate of drug-likeness (QED) is 0.418. The van der Waals surface area contributed by atoms with Gasteiger partial charge in [-0.25, -0.2) is 0 Å². The van der Waals surface area contributed by atoms with Gasteiger partial charge in [-0.15, -0.1) is 0 Å². The average molecular weight is 499 g/mol. The second-order valence-corrected chi connectivity index (χ2v) is 6.23. The molecule has 17 heavy (non-hydrogen) atoms. The van der Waals surface area contributed by atoms with Crippen molar-refractivity contribution >= 4 is 63.7 Å². The molecule has 0 radical (unpaired) electrons. The highest BCUT2D eigenvalue weighted by Crippen LogP contribution is 2.34. The van der Waals surface area contributed by atoms with Crippen molar-refractivity contribution in [1.29, 1.82) is 0 Å². The first-order chi connectivity index (χ1) is 7.93. The van der Waals surface area contributed by atoms with E-state index in [0.717, 1.165) is 17.9 Å². The summed E-state index contributed by atoms with van der Waals surface area (Å²) in [4.78, 5) is 0. The maximum Gasteiger partial charge on any atom is 0.173 e. The van der Waals surface area contributed by atoms with Gasteiger partial charge in [0.05, 0.1) is 6.54 Å². The van der Waals surface area contributed by atoms with Crippen molar-refractivity contribution in [3.05, 3.63) is 30.7 Å². The van der Waals surface area contributed by atoms with Crippen LogP contribution in [0.5, 0.6) is 0 Å². The van der Waals surface area contributed by atoms with Gasteiger partial charge in [-0.2, -0.15) is 0 Å². The maximum absolute atomic E-state index is 5.04. The number of rotatable bonds is 7. The van der Waals surface area contributed by atoms with Crippen LogP contribution >= 0.6 is 63.7 Å². The van der Waals surface area contributed by atoms with E-state index in [-0.39, 0.29) is 6.29 Å². The first kappa shape index (κ1) is 17.9. The first-order valence-electron chi connectivity index (χ1n) is 4.49. The van der Waals surface area contributed by atoms with Crippen LogP contribution in [0.25, 0.3) is 0 Å². The van der Waals surface area contributed by atoms with Gasteiger partial charge < -0.3 is 14.8 Å². The zero-order chi connectivity index (χ0) is 13.4. The van der Waals surface area contributed by atoms with Crippen LogP contribution in [0.15, 0.2) is 30.7 Å². The fourth-order valence-electron chi connectivity index (χ4n) is 0.795. The van der Waals surface area contributed by atoms with Crippen LogP contribution in [0, 0.1) is 0 Å². The van der Waals surface area contributed by atoms with Gasteiger partial charge in [0.15, 0.2) is 6.29 Å². The zero-order valence-corrected chi connectivity index (χ0v) is 15.7. The van der Waals surface area contributed by atoms with Crippen LogP contribution in [0.3, 0.4) is 0 Å². The average Bonchev–Trinajstić information content (AvgIpc) is 2.32. The molecule has 3 nitrogen and oxygen atoms in total. The number of methoxy groups -OCH3 is 2. The van der Waals surface area contributed by atoms with Crippen LogP contribution in [0.1, 0.15) is 0 Å². The molecule has 0 amide bonds. The molecule has 0 aliphatic rings. The molecule has 0 atom stereocenters. The number of allylic oxidation sites excluding steroid dienone is 4. The van der Waals surface area contributed by atoms with Gasteiger partial charge in [0, 0.05) is 38.3 Å². The Morgan fingerprint density at radius 2 is 1.71 bits per heavy atom. The lowest BCUT2D eigenvalue weighted by Crippen LogP contribution is -2.26. The van der Waals surface area contributed by atoms with Gasteiger partial charge in [0.1, 0.15) is 0 Å². The molecule has 0 unspecified atom stereocenters. The van der Waals surface area contributed by atoms with Crippen molar-refractivity contribution in [2.75, 3.05) is 20.8 Å². The van der Waals surface area contributed by atoms with Crippen LogP contribution < -0.4 is 5.32 Å². The van der Waals surface area contributed by atoms with Gasteiger partial charge in [-0.05, 0) is 47.8 Å². The fraction of sp³-hybridized carbons (Fsp3) is 0.400. The lowest BCUT2D eigenvalue weighted by Gasteiger charge is -2.13. The third-order valence-electron chi connectivity index (χ3n) is 1.68. The Labute approximate surface area is 135 Å². The van der Waals surface area contributed by atoms with Crippen molar-refractivity contribution in [2.45, 2.75) is 6.29 Å². The minimum absolute atomic E-state index is 0.274. The number of hydrogen-bond donors (Lipinski definition) is 1. The molecule has 0 bridgehead atoms. The molecule has 0 rings (SSSR count). The Morgan fingerprint density at radius 1 is 1.18 bits per heavy atom. The number of hydrogen-bond acceptors (Lipinski definition) is 3. The Morgan fingerprint density at radius 3 is 2.12 bits per heavy atom. The lowest BCUT2D eigenvalue weighted by atomic mass is 10.4. The summed E-state index contributed by atoms with van der Waals surface area (Å²) in [5.41, 5.74) is 0. The van der Waals surface area contributed by atoms with E-state index in [1.54, 1.807) is 20.4 Å². The molecule has 7 heteroatoms. The molecule has 0 aliphatic heterocycles. The molecule has 98 valence electrons. The summed E-state index contributed by atoms with van der Waals surface area (Å²) in [7, 11) is 3.19. The summed E-state index contributed by atoms with van der Waals surface area (Å²) in [5, 5.41) is 3.07. The normalized spacial score (nSPS) is 13.7. The van der Waals surface area contributed by atoms with Crippen LogP contribution in [-0.2, 0) is 9.47 Å². The van der Waals surface area contributed by atoms with E-state index in [0.29, 0.717) is 6.54 Å². The topological polar surface area (TPSA) is 30.5 Å². The summed E-state index contributed by atoms with van der Waals surface area (Å²) >= 11 is 13.5. The minimum Gasteiger partial charge on any atom is -0.385 e. The number of nitrogens with one attached hydrogen (secondary N) is 1. The molecule has 0 saturated heterocycles. The third kappa shape index (κ3) is 7.12. The zero-order valence-electron chi connectivity index (χ0n) is 9.40. The summed E-state index contributed by atoms with van der Waals surface area (Å²) < 4.78 is 13.4. The summed E-state index contributed by atoms with van der Waals surface area (Å²) in [6.45, 7) is 4.32. The smallest absolute Gasteiger partial charge is 0.173 e. The van der Waals surface area contributed by atoms with E-state index in [4.69, 9.17) is 9.47 Å².